The molecule has 3 nitrogen and oxygen atoms in total. The molecule has 0 unspecified atom stereocenters. The van der Waals surface area contributed by atoms with Crippen molar-refractivity contribution in [3.05, 3.63) is 46.8 Å². The van der Waals surface area contributed by atoms with E-state index in [0.717, 1.165) is 60.5 Å². The fourth-order valence-corrected chi connectivity index (χ4v) is 4.65. The standard InChI is InChI=1S/C18H18N2OS3/c22-17-14-4-3-13(16-2-1-11-24-16)12-15(14)18(23)20(17)6-5-19-7-9-21-10-8-19/h1-4,11-12H,5-10H2. The fraction of sp³-hybridized carbons (Fsp3) is 0.333. The Morgan fingerprint density at radius 2 is 1.79 bits per heavy atom. The zero-order valence-electron chi connectivity index (χ0n) is 13.2. The van der Waals surface area contributed by atoms with Crippen molar-refractivity contribution in [1.82, 2.24) is 9.80 Å². The molecule has 2 aromatic rings. The number of fused-ring (bicyclic) bond motifs is 1. The van der Waals surface area contributed by atoms with Crippen LogP contribution in [-0.4, -0.2) is 59.2 Å². The van der Waals surface area contributed by atoms with E-state index in [9.17, 15) is 0 Å². The lowest BCUT2D eigenvalue weighted by atomic mass is 10.1. The van der Waals surface area contributed by atoms with Crippen LogP contribution in [0.4, 0.5) is 0 Å². The summed E-state index contributed by atoms with van der Waals surface area (Å²) in [4.78, 5) is 7.51. The minimum Gasteiger partial charge on any atom is -0.379 e. The van der Waals surface area contributed by atoms with Gasteiger partial charge in [-0.05, 0) is 23.1 Å². The second kappa shape index (κ2) is 6.98. The molecule has 0 atom stereocenters. The average molecular weight is 375 g/mol. The summed E-state index contributed by atoms with van der Waals surface area (Å²) in [5.74, 6) is 0. The summed E-state index contributed by atoms with van der Waals surface area (Å²) in [6, 6.07) is 10.7. The molecule has 0 spiro atoms. The van der Waals surface area contributed by atoms with Crippen molar-refractivity contribution in [2.45, 2.75) is 0 Å². The van der Waals surface area contributed by atoms with Gasteiger partial charge in [-0.3, -0.25) is 4.90 Å². The lowest BCUT2D eigenvalue weighted by Crippen LogP contribution is -2.42. The zero-order valence-corrected chi connectivity index (χ0v) is 15.7. The molecule has 4 rings (SSSR count). The Balaban J connectivity index is 1.52. The highest BCUT2D eigenvalue weighted by atomic mass is 32.1. The summed E-state index contributed by atoms with van der Waals surface area (Å²) < 4.78 is 5.41. The summed E-state index contributed by atoms with van der Waals surface area (Å²) in [5.41, 5.74) is 3.41. The Labute approximate surface area is 156 Å². The molecule has 1 fully saturated rings. The Hall–Kier alpha value is -1.18. The first-order chi connectivity index (χ1) is 11.7. The minimum atomic E-state index is 0.819. The van der Waals surface area contributed by atoms with Crippen LogP contribution >= 0.6 is 35.8 Å². The molecule has 0 N–H and O–H groups in total. The molecule has 1 saturated heterocycles. The van der Waals surface area contributed by atoms with Crippen LogP contribution in [0.15, 0.2) is 35.7 Å². The molecule has 2 aliphatic heterocycles. The van der Waals surface area contributed by atoms with Crippen LogP contribution in [-0.2, 0) is 4.74 Å². The molecule has 3 heterocycles. The Bertz CT molecular complexity index is 767. The average Bonchev–Trinajstić information content (AvgIpc) is 3.23. The van der Waals surface area contributed by atoms with Gasteiger partial charge >= 0.3 is 0 Å². The molecule has 24 heavy (non-hydrogen) atoms. The molecule has 6 heteroatoms. The van der Waals surface area contributed by atoms with Gasteiger partial charge in [-0.1, -0.05) is 42.6 Å². The molecular formula is C18H18N2OS3. The number of rotatable bonds is 4. The Morgan fingerprint density at radius 1 is 1.00 bits per heavy atom. The van der Waals surface area contributed by atoms with E-state index in [0.29, 0.717) is 0 Å². The molecular weight excluding hydrogens is 356 g/mol. The van der Waals surface area contributed by atoms with Gasteiger partial charge in [0.25, 0.3) is 0 Å². The number of thiocarbonyl (C=S) groups is 2. The van der Waals surface area contributed by atoms with Gasteiger partial charge in [0, 0.05) is 42.2 Å². The third-order valence-electron chi connectivity index (χ3n) is 4.52. The van der Waals surface area contributed by atoms with E-state index >= 15 is 0 Å². The number of ether oxygens (including phenoxy) is 1. The van der Waals surface area contributed by atoms with Crippen molar-refractivity contribution in [3.63, 3.8) is 0 Å². The van der Waals surface area contributed by atoms with Crippen molar-refractivity contribution in [2.24, 2.45) is 0 Å². The van der Waals surface area contributed by atoms with Gasteiger partial charge in [-0.2, -0.15) is 0 Å². The van der Waals surface area contributed by atoms with Gasteiger partial charge in [0.05, 0.1) is 13.2 Å². The first-order valence-electron chi connectivity index (χ1n) is 8.08. The topological polar surface area (TPSA) is 15.7 Å². The summed E-state index contributed by atoms with van der Waals surface area (Å²) >= 11 is 13.2. The largest absolute Gasteiger partial charge is 0.379 e. The molecule has 0 radical (unpaired) electrons. The van der Waals surface area contributed by atoms with Gasteiger partial charge in [0.2, 0.25) is 0 Å². The van der Waals surface area contributed by atoms with Crippen molar-refractivity contribution < 1.29 is 4.74 Å². The number of benzene rings is 1. The molecule has 0 aliphatic carbocycles. The third kappa shape index (κ3) is 3.05. The van der Waals surface area contributed by atoms with E-state index < -0.39 is 0 Å². The molecule has 0 bridgehead atoms. The zero-order chi connectivity index (χ0) is 16.5. The smallest absolute Gasteiger partial charge is 0.115 e. The number of morpholine rings is 1. The lowest BCUT2D eigenvalue weighted by Gasteiger charge is -2.29. The fourth-order valence-electron chi connectivity index (χ4n) is 3.16. The van der Waals surface area contributed by atoms with E-state index in [1.807, 2.05) is 0 Å². The highest BCUT2D eigenvalue weighted by Gasteiger charge is 2.29. The number of hydrogen-bond acceptors (Lipinski definition) is 5. The van der Waals surface area contributed by atoms with Crippen LogP contribution in [0.1, 0.15) is 11.1 Å². The number of nitrogens with zero attached hydrogens (tertiary/aromatic N) is 2. The van der Waals surface area contributed by atoms with Gasteiger partial charge in [-0.25, -0.2) is 0 Å². The van der Waals surface area contributed by atoms with Gasteiger partial charge in [0.1, 0.15) is 9.98 Å². The Morgan fingerprint density at radius 3 is 2.54 bits per heavy atom. The molecule has 0 saturated carbocycles. The molecule has 124 valence electrons. The first-order valence-corrected chi connectivity index (χ1v) is 9.78. The summed E-state index contributed by atoms with van der Waals surface area (Å²) in [6.07, 6.45) is 0. The van der Waals surface area contributed by atoms with Crippen LogP contribution in [0.3, 0.4) is 0 Å². The van der Waals surface area contributed by atoms with Gasteiger partial charge in [0.15, 0.2) is 0 Å². The highest BCUT2D eigenvalue weighted by Crippen LogP contribution is 2.31. The summed E-state index contributed by atoms with van der Waals surface area (Å²) in [6.45, 7) is 5.43. The minimum absolute atomic E-state index is 0.819. The van der Waals surface area contributed by atoms with E-state index in [1.165, 1.54) is 10.4 Å². The second-order valence-electron chi connectivity index (χ2n) is 5.95. The van der Waals surface area contributed by atoms with E-state index in [2.05, 4.69) is 45.5 Å². The summed E-state index contributed by atoms with van der Waals surface area (Å²) in [5, 5.41) is 2.10. The summed E-state index contributed by atoms with van der Waals surface area (Å²) in [7, 11) is 0. The maximum Gasteiger partial charge on any atom is 0.115 e. The number of hydrogen-bond donors (Lipinski definition) is 0. The van der Waals surface area contributed by atoms with Crippen LogP contribution < -0.4 is 0 Å². The van der Waals surface area contributed by atoms with Crippen molar-refractivity contribution >= 4 is 45.7 Å². The SMILES string of the molecule is S=C1c2ccc(-c3cccs3)cc2C(=S)N1CCN1CCOCC1. The maximum absolute atomic E-state index is 5.73. The van der Waals surface area contributed by atoms with Crippen molar-refractivity contribution in [2.75, 3.05) is 39.4 Å². The van der Waals surface area contributed by atoms with E-state index in [4.69, 9.17) is 29.2 Å². The quantitative estimate of drug-likeness (QED) is 0.760. The Kier molecular flexibility index (Phi) is 4.74. The predicted molar refractivity (Wildman–Crippen MR) is 107 cm³/mol. The van der Waals surface area contributed by atoms with Crippen LogP contribution in [0, 0.1) is 0 Å². The van der Waals surface area contributed by atoms with Crippen LogP contribution in [0.25, 0.3) is 10.4 Å². The lowest BCUT2D eigenvalue weighted by molar-refractivity contribution is 0.0374. The maximum atomic E-state index is 5.73. The molecule has 1 aromatic heterocycles. The number of thiophene rings is 1. The van der Waals surface area contributed by atoms with Gasteiger partial charge in [-0.15, -0.1) is 11.3 Å². The highest BCUT2D eigenvalue weighted by molar-refractivity contribution is 7.82. The van der Waals surface area contributed by atoms with Gasteiger partial charge < -0.3 is 9.64 Å². The van der Waals surface area contributed by atoms with Crippen molar-refractivity contribution in [3.8, 4) is 10.4 Å². The van der Waals surface area contributed by atoms with Crippen LogP contribution in [0.5, 0.6) is 0 Å². The van der Waals surface area contributed by atoms with E-state index in [-0.39, 0.29) is 0 Å². The molecule has 1 aromatic carbocycles. The van der Waals surface area contributed by atoms with E-state index in [1.54, 1.807) is 11.3 Å². The van der Waals surface area contributed by atoms with Crippen LogP contribution in [0.2, 0.25) is 0 Å². The second-order valence-corrected chi connectivity index (χ2v) is 7.67. The first kappa shape index (κ1) is 16.3. The third-order valence-corrected chi connectivity index (χ3v) is 6.32. The normalized spacial score (nSPS) is 18.2. The van der Waals surface area contributed by atoms with Crippen molar-refractivity contribution in [1.29, 1.82) is 0 Å². The monoisotopic (exact) mass is 374 g/mol. The molecule has 0 amide bonds. The predicted octanol–water partition coefficient (Wildman–Crippen LogP) is 3.41. The molecule has 2 aliphatic rings.